The Balaban J connectivity index is 1.90. The number of hydrogen-bond donors (Lipinski definition) is 0. The summed E-state index contributed by atoms with van der Waals surface area (Å²) in [5.41, 5.74) is 0.181. The number of likely N-dealkylation sites (N-methyl/N-ethyl adjacent to an activating group) is 1. The van der Waals surface area contributed by atoms with Crippen molar-refractivity contribution >= 4 is 17.5 Å². The molecule has 7 heteroatoms. The van der Waals surface area contributed by atoms with E-state index in [0.29, 0.717) is 49.3 Å². The van der Waals surface area contributed by atoms with Crippen molar-refractivity contribution in [2.75, 3.05) is 20.3 Å². The van der Waals surface area contributed by atoms with Gasteiger partial charge in [-0.05, 0) is 24.5 Å². The van der Waals surface area contributed by atoms with Gasteiger partial charge in [-0.15, -0.1) is 0 Å². The third kappa shape index (κ3) is 3.16. The van der Waals surface area contributed by atoms with Crippen molar-refractivity contribution in [2.24, 2.45) is 0 Å². The van der Waals surface area contributed by atoms with Gasteiger partial charge in [-0.1, -0.05) is 35.0 Å². The van der Waals surface area contributed by atoms with E-state index in [2.05, 4.69) is 10.1 Å². The summed E-state index contributed by atoms with van der Waals surface area (Å²) in [6, 6.07) is 7.53. The molecule has 0 aliphatic carbocycles. The van der Waals surface area contributed by atoms with Gasteiger partial charge in [-0.3, -0.25) is 4.79 Å². The Morgan fingerprint density at radius 3 is 2.67 bits per heavy atom. The molecule has 2 aromatic rings. The standard InChI is InChI=1S/C17H20ClN3O3/c1-12-19-15(20-24-12)11-21(2)16(22)17(7-9-23-10-8-17)13-5-3-4-6-14(13)18/h3-6H,7-11H2,1-2H3. The van der Waals surface area contributed by atoms with Crippen molar-refractivity contribution in [3.05, 3.63) is 46.6 Å². The Hall–Kier alpha value is -1.92. The van der Waals surface area contributed by atoms with E-state index >= 15 is 0 Å². The molecule has 0 spiro atoms. The first-order valence-electron chi connectivity index (χ1n) is 7.90. The van der Waals surface area contributed by atoms with E-state index in [1.807, 2.05) is 24.3 Å². The van der Waals surface area contributed by atoms with Crippen LogP contribution in [0.1, 0.15) is 30.1 Å². The zero-order valence-corrected chi connectivity index (χ0v) is 14.5. The highest BCUT2D eigenvalue weighted by Gasteiger charge is 2.44. The fourth-order valence-corrected chi connectivity index (χ4v) is 3.54. The number of carbonyl (C=O) groups is 1. The van der Waals surface area contributed by atoms with Crippen LogP contribution in [0.4, 0.5) is 0 Å². The molecule has 0 saturated carbocycles. The van der Waals surface area contributed by atoms with Gasteiger partial charge in [0, 0.05) is 32.2 Å². The van der Waals surface area contributed by atoms with Gasteiger partial charge in [0.15, 0.2) is 5.82 Å². The van der Waals surface area contributed by atoms with Gasteiger partial charge in [-0.25, -0.2) is 0 Å². The van der Waals surface area contributed by atoms with Crippen LogP contribution in [0.15, 0.2) is 28.8 Å². The molecule has 2 heterocycles. The van der Waals surface area contributed by atoms with Gasteiger partial charge >= 0.3 is 0 Å². The minimum Gasteiger partial charge on any atom is -0.381 e. The summed E-state index contributed by atoms with van der Waals surface area (Å²) in [7, 11) is 1.75. The maximum Gasteiger partial charge on any atom is 0.233 e. The van der Waals surface area contributed by atoms with E-state index in [1.165, 1.54) is 0 Å². The van der Waals surface area contributed by atoms with Crippen LogP contribution >= 0.6 is 11.6 Å². The van der Waals surface area contributed by atoms with Crippen LogP contribution in [0.2, 0.25) is 5.02 Å². The number of hydrogen-bond acceptors (Lipinski definition) is 5. The molecular formula is C17H20ClN3O3. The molecule has 1 aromatic carbocycles. The van der Waals surface area contributed by atoms with Crippen LogP contribution in [0.5, 0.6) is 0 Å². The largest absolute Gasteiger partial charge is 0.381 e. The maximum atomic E-state index is 13.3. The third-order valence-corrected chi connectivity index (χ3v) is 4.77. The lowest BCUT2D eigenvalue weighted by Gasteiger charge is -2.39. The third-order valence-electron chi connectivity index (χ3n) is 4.44. The summed E-state index contributed by atoms with van der Waals surface area (Å²) in [5.74, 6) is 0.976. The van der Waals surface area contributed by atoms with Crippen LogP contribution < -0.4 is 0 Å². The van der Waals surface area contributed by atoms with E-state index in [1.54, 1.807) is 18.9 Å². The molecular weight excluding hydrogens is 330 g/mol. The normalized spacial score (nSPS) is 16.8. The molecule has 1 aliphatic heterocycles. The first kappa shape index (κ1) is 16.9. The smallest absolute Gasteiger partial charge is 0.233 e. The molecule has 0 radical (unpaired) electrons. The van der Waals surface area contributed by atoms with Gasteiger partial charge in [0.2, 0.25) is 11.8 Å². The topological polar surface area (TPSA) is 68.5 Å². The Kier molecular flexibility index (Phi) is 4.87. The Morgan fingerprint density at radius 2 is 2.04 bits per heavy atom. The average molecular weight is 350 g/mol. The molecule has 1 aliphatic rings. The summed E-state index contributed by atoms with van der Waals surface area (Å²) >= 11 is 6.41. The lowest BCUT2D eigenvalue weighted by molar-refractivity contribution is -0.140. The number of aromatic nitrogens is 2. The molecule has 0 unspecified atom stereocenters. The predicted molar refractivity (Wildman–Crippen MR) is 88.7 cm³/mol. The second-order valence-electron chi connectivity index (χ2n) is 6.07. The van der Waals surface area contributed by atoms with Crippen LogP contribution in [-0.4, -0.2) is 41.2 Å². The van der Waals surface area contributed by atoms with Crippen molar-refractivity contribution in [2.45, 2.75) is 31.7 Å². The van der Waals surface area contributed by atoms with Crippen molar-refractivity contribution in [3.8, 4) is 0 Å². The number of rotatable bonds is 4. The number of aryl methyl sites for hydroxylation is 1. The number of carbonyl (C=O) groups excluding carboxylic acids is 1. The molecule has 1 saturated heterocycles. The molecule has 3 rings (SSSR count). The van der Waals surface area contributed by atoms with Crippen molar-refractivity contribution in [1.29, 1.82) is 0 Å². The van der Waals surface area contributed by atoms with Crippen LogP contribution in [0.3, 0.4) is 0 Å². The van der Waals surface area contributed by atoms with E-state index in [-0.39, 0.29) is 5.91 Å². The Morgan fingerprint density at radius 1 is 1.33 bits per heavy atom. The van der Waals surface area contributed by atoms with Gasteiger partial charge in [-0.2, -0.15) is 4.98 Å². The molecule has 0 bridgehead atoms. The molecule has 24 heavy (non-hydrogen) atoms. The zero-order chi connectivity index (χ0) is 17.2. The van der Waals surface area contributed by atoms with Crippen LogP contribution in [-0.2, 0) is 21.5 Å². The summed E-state index contributed by atoms with van der Waals surface area (Å²) in [5, 5.41) is 4.47. The number of benzene rings is 1. The highest BCUT2D eigenvalue weighted by atomic mass is 35.5. The van der Waals surface area contributed by atoms with Crippen LogP contribution in [0, 0.1) is 6.92 Å². The summed E-state index contributed by atoms with van der Waals surface area (Å²) < 4.78 is 10.5. The first-order valence-corrected chi connectivity index (χ1v) is 8.28. The van der Waals surface area contributed by atoms with Crippen LogP contribution in [0.25, 0.3) is 0 Å². The van der Waals surface area contributed by atoms with E-state index in [4.69, 9.17) is 20.9 Å². The van der Waals surface area contributed by atoms with Crippen molar-refractivity contribution in [3.63, 3.8) is 0 Å². The molecule has 0 atom stereocenters. The molecule has 0 N–H and O–H groups in total. The zero-order valence-electron chi connectivity index (χ0n) is 13.8. The average Bonchev–Trinajstić information content (AvgIpc) is 3.00. The van der Waals surface area contributed by atoms with Gasteiger partial charge in [0.25, 0.3) is 0 Å². The highest BCUT2D eigenvalue weighted by molar-refractivity contribution is 6.31. The molecule has 1 amide bonds. The molecule has 6 nitrogen and oxygen atoms in total. The second-order valence-corrected chi connectivity index (χ2v) is 6.47. The minimum atomic E-state index is -0.676. The SMILES string of the molecule is Cc1nc(CN(C)C(=O)C2(c3ccccc3Cl)CCOCC2)no1. The van der Waals surface area contributed by atoms with Crippen molar-refractivity contribution < 1.29 is 14.1 Å². The van der Waals surface area contributed by atoms with Gasteiger partial charge in [0.1, 0.15) is 0 Å². The number of ether oxygens (including phenoxy) is 1. The molecule has 128 valence electrons. The highest BCUT2D eigenvalue weighted by Crippen LogP contribution is 2.40. The van der Waals surface area contributed by atoms with E-state index < -0.39 is 5.41 Å². The lowest BCUT2D eigenvalue weighted by Crippen LogP contribution is -2.48. The minimum absolute atomic E-state index is 0.00125. The predicted octanol–water partition coefficient (Wildman–Crippen LogP) is 2.74. The van der Waals surface area contributed by atoms with Gasteiger partial charge in [0.05, 0.1) is 12.0 Å². The van der Waals surface area contributed by atoms with Gasteiger partial charge < -0.3 is 14.2 Å². The van der Waals surface area contributed by atoms with E-state index in [0.717, 1.165) is 5.56 Å². The first-order chi connectivity index (χ1) is 11.5. The fourth-order valence-electron chi connectivity index (χ4n) is 3.22. The number of amides is 1. The lowest BCUT2D eigenvalue weighted by atomic mass is 9.73. The quantitative estimate of drug-likeness (QED) is 0.849. The second kappa shape index (κ2) is 6.91. The Labute approximate surface area is 145 Å². The monoisotopic (exact) mass is 349 g/mol. The summed E-state index contributed by atoms with van der Waals surface area (Å²) in [4.78, 5) is 19.1. The molecule has 1 aromatic heterocycles. The van der Waals surface area contributed by atoms with Crippen molar-refractivity contribution in [1.82, 2.24) is 15.0 Å². The number of nitrogens with zero attached hydrogens (tertiary/aromatic N) is 3. The van der Waals surface area contributed by atoms with E-state index in [9.17, 15) is 4.79 Å². The molecule has 1 fully saturated rings. The maximum absolute atomic E-state index is 13.3. The number of halogens is 1. The fraction of sp³-hybridized carbons (Fsp3) is 0.471. The summed E-state index contributed by atoms with van der Waals surface area (Å²) in [6.45, 7) is 3.09. The Bertz CT molecular complexity index is 725. The summed E-state index contributed by atoms with van der Waals surface area (Å²) in [6.07, 6.45) is 1.20.